The minimum atomic E-state index is -1.02. The Morgan fingerprint density at radius 1 is 1.45 bits per heavy atom. The fourth-order valence-electron chi connectivity index (χ4n) is 1.80. The van der Waals surface area contributed by atoms with Crippen LogP contribution in [0.5, 0.6) is 0 Å². The average molecular weight is 296 g/mol. The number of carboxylic acid groups (broad SMARTS) is 1. The first kappa shape index (κ1) is 14.5. The standard InChI is InChI=1S/C13H13FN2O3S/c1-2-16-12(19)10(7-11(17)18)20-13(16)15-9-5-3-8(14)4-6-9/h3-6,10H,2,7H2,1H3,(H,17,18)/t10-/m1/s1. The predicted molar refractivity (Wildman–Crippen MR) is 74.5 cm³/mol. The second kappa shape index (κ2) is 6.04. The van der Waals surface area contributed by atoms with Gasteiger partial charge in [0.05, 0.1) is 12.1 Å². The van der Waals surface area contributed by atoms with Gasteiger partial charge in [0.25, 0.3) is 0 Å². The molecule has 106 valence electrons. The lowest BCUT2D eigenvalue weighted by atomic mass is 10.3. The first-order chi connectivity index (χ1) is 9.51. The van der Waals surface area contributed by atoms with Gasteiger partial charge in [-0.05, 0) is 31.2 Å². The molecule has 1 atom stereocenters. The molecule has 0 saturated carbocycles. The molecule has 2 rings (SSSR count). The molecule has 20 heavy (non-hydrogen) atoms. The normalized spacial score (nSPS) is 20.7. The van der Waals surface area contributed by atoms with Gasteiger partial charge < -0.3 is 5.11 Å². The van der Waals surface area contributed by atoms with E-state index in [1.807, 2.05) is 0 Å². The Labute approximate surface area is 119 Å². The van der Waals surface area contributed by atoms with Crippen molar-refractivity contribution in [3.63, 3.8) is 0 Å². The Bertz CT molecular complexity index is 559. The molecule has 1 aliphatic rings. The maximum Gasteiger partial charge on any atom is 0.305 e. The quantitative estimate of drug-likeness (QED) is 0.925. The number of aliphatic carboxylic acids is 1. The molecule has 0 aromatic heterocycles. The SMILES string of the molecule is CCN1C(=O)[C@@H](CC(=O)O)SC1=Nc1ccc(F)cc1. The third-order valence-electron chi connectivity index (χ3n) is 2.75. The molecule has 1 fully saturated rings. The summed E-state index contributed by atoms with van der Waals surface area (Å²) in [6.07, 6.45) is -0.234. The monoisotopic (exact) mass is 296 g/mol. The smallest absolute Gasteiger partial charge is 0.305 e. The zero-order valence-electron chi connectivity index (χ0n) is 10.7. The van der Waals surface area contributed by atoms with Crippen molar-refractivity contribution in [1.29, 1.82) is 0 Å². The Kier molecular flexibility index (Phi) is 4.39. The molecule has 1 saturated heterocycles. The summed E-state index contributed by atoms with van der Waals surface area (Å²) in [5, 5.41) is 8.60. The molecule has 1 amide bonds. The number of rotatable bonds is 4. The lowest BCUT2D eigenvalue weighted by Crippen LogP contribution is -2.32. The first-order valence-electron chi connectivity index (χ1n) is 6.05. The Morgan fingerprint density at radius 3 is 2.65 bits per heavy atom. The van der Waals surface area contributed by atoms with E-state index >= 15 is 0 Å². The summed E-state index contributed by atoms with van der Waals surface area (Å²) in [5.41, 5.74) is 0.524. The van der Waals surface area contributed by atoms with E-state index in [-0.39, 0.29) is 18.1 Å². The lowest BCUT2D eigenvalue weighted by Gasteiger charge is -2.12. The Hall–Kier alpha value is -1.89. The molecule has 0 aliphatic carbocycles. The summed E-state index contributed by atoms with van der Waals surface area (Å²) in [6, 6.07) is 5.58. The van der Waals surface area contributed by atoms with Gasteiger partial charge in [-0.25, -0.2) is 9.38 Å². The number of amidine groups is 1. The molecule has 0 bridgehead atoms. The largest absolute Gasteiger partial charge is 0.481 e. The van der Waals surface area contributed by atoms with E-state index in [1.165, 1.54) is 29.2 Å². The predicted octanol–water partition coefficient (Wildman–Crippen LogP) is 2.25. The summed E-state index contributed by atoms with van der Waals surface area (Å²) in [6.45, 7) is 2.21. The lowest BCUT2D eigenvalue weighted by molar-refractivity contribution is -0.139. The van der Waals surface area contributed by atoms with Gasteiger partial charge in [0.15, 0.2) is 5.17 Å². The number of carbonyl (C=O) groups excluding carboxylic acids is 1. The van der Waals surface area contributed by atoms with Crippen LogP contribution in [0, 0.1) is 5.82 Å². The van der Waals surface area contributed by atoms with Gasteiger partial charge in [-0.2, -0.15) is 0 Å². The van der Waals surface area contributed by atoms with Gasteiger partial charge in [-0.1, -0.05) is 11.8 Å². The highest BCUT2D eigenvalue weighted by Crippen LogP contribution is 2.31. The van der Waals surface area contributed by atoms with Crippen LogP contribution in [0.4, 0.5) is 10.1 Å². The van der Waals surface area contributed by atoms with Crippen molar-refractivity contribution < 1.29 is 19.1 Å². The Morgan fingerprint density at radius 2 is 2.10 bits per heavy atom. The number of aliphatic imine (C=N–C) groups is 1. The van der Waals surface area contributed by atoms with Crippen LogP contribution in [0.2, 0.25) is 0 Å². The maximum atomic E-state index is 12.8. The van der Waals surface area contributed by atoms with Crippen molar-refractivity contribution in [2.24, 2.45) is 4.99 Å². The van der Waals surface area contributed by atoms with Crippen molar-refractivity contribution in [2.45, 2.75) is 18.6 Å². The van der Waals surface area contributed by atoms with Crippen molar-refractivity contribution in [1.82, 2.24) is 4.90 Å². The number of hydrogen-bond acceptors (Lipinski definition) is 4. The molecule has 1 aromatic carbocycles. The van der Waals surface area contributed by atoms with E-state index in [1.54, 1.807) is 6.92 Å². The number of benzene rings is 1. The Balaban J connectivity index is 2.24. The van der Waals surface area contributed by atoms with Crippen LogP contribution in [0.1, 0.15) is 13.3 Å². The molecule has 1 heterocycles. The summed E-state index contributed by atoms with van der Waals surface area (Å²) in [4.78, 5) is 28.5. The summed E-state index contributed by atoms with van der Waals surface area (Å²) in [7, 11) is 0. The van der Waals surface area contributed by atoms with Crippen molar-refractivity contribution in [3.05, 3.63) is 30.1 Å². The molecule has 1 aromatic rings. The van der Waals surface area contributed by atoms with E-state index in [2.05, 4.69) is 4.99 Å². The second-order valence-corrected chi connectivity index (χ2v) is 5.33. The van der Waals surface area contributed by atoms with Crippen LogP contribution >= 0.6 is 11.8 Å². The van der Waals surface area contributed by atoms with E-state index in [0.717, 1.165) is 11.8 Å². The van der Waals surface area contributed by atoms with Crippen LogP contribution in [-0.4, -0.2) is 38.8 Å². The number of carbonyl (C=O) groups is 2. The van der Waals surface area contributed by atoms with Crippen LogP contribution in [0.25, 0.3) is 0 Å². The molecule has 1 aliphatic heterocycles. The molecular formula is C13H13FN2O3S. The zero-order chi connectivity index (χ0) is 14.7. The number of carboxylic acids is 1. The van der Waals surface area contributed by atoms with Gasteiger partial charge in [0, 0.05) is 6.54 Å². The van der Waals surface area contributed by atoms with Crippen LogP contribution in [0.15, 0.2) is 29.3 Å². The van der Waals surface area contributed by atoms with Crippen LogP contribution in [0.3, 0.4) is 0 Å². The minimum Gasteiger partial charge on any atom is -0.481 e. The average Bonchev–Trinajstić information content (AvgIpc) is 2.67. The van der Waals surface area contributed by atoms with E-state index in [4.69, 9.17) is 5.11 Å². The molecule has 5 nitrogen and oxygen atoms in total. The summed E-state index contributed by atoms with van der Waals surface area (Å²) in [5.74, 6) is -1.63. The van der Waals surface area contributed by atoms with Gasteiger partial charge in [0.2, 0.25) is 5.91 Å². The molecule has 0 unspecified atom stereocenters. The maximum absolute atomic E-state index is 12.8. The van der Waals surface area contributed by atoms with Gasteiger partial charge >= 0.3 is 5.97 Å². The van der Waals surface area contributed by atoms with Gasteiger partial charge in [-0.3, -0.25) is 14.5 Å². The number of nitrogens with zero attached hydrogens (tertiary/aromatic N) is 2. The highest BCUT2D eigenvalue weighted by Gasteiger charge is 2.38. The van der Waals surface area contributed by atoms with E-state index < -0.39 is 11.2 Å². The number of thioether (sulfide) groups is 1. The zero-order valence-corrected chi connectivity index (χ0v) is 11.6. The first-order valence-corrected chi connectivity index (χ1v) is 6.93. The fraction of sp³-hybridized carbons (Fsp3) is 0.308. The fourth-order valence-corrected chi connectivity index (χ4v) is 3.01. The summed E-state index contributed by atoms with van der Waals surface area (Å²) < 4.78 is 12.8. The second-order valence-electron chi connectivity index (χ2n) is 4.16. The third kappa shape index (κ3) is 3.16. The van der Waals surface area contributed by atoms with Crippen LogP contribution < -0.4 is 0 Å². The molecule has 7 heteroatoms. The molecule has 0 spiro atoms. The van der Waals surface area contributed by atoms with E-state index in [0.29, 0.717) is 17.4 Å². The summed E-state index contributed by atoms with van der Waals surface area (Å²) >= 11 is 1.13. The van der Waals surface area contributed by atoms with Crippen molar-refractivity contribution in [3.8, 4) is 0 Å². The number of halogens is 1. The highest BCUT2D eigenvalue weighted by molar-refractivity contribution is 8.15. The van der Waals surface area contributed by atoms with Crippen molar-refractivity contribution in [2.75, 3.05) is 6.54 Å². The molecular weight excluding hydrogens is 283 g/mol. The third-order valence-corrected chi connectivity index (χ3v) is 3.92. The number of amides is 1. The van der Waals surface area contributed by atoms with Crippen LogP contribution in [-0.2, 0) is 9.59 Å². The van der Waals surface area contributed by atoms with Crippen molar-refractivity contribution >= 4 is 34.5 Å². The van der Waals surface area contributed by atoms with E-state index in [9.17, 15) is 14.0 Å². The van der Waals surface area contributed by atoms with Gasteiger partial charge in [0.1, 0.15) is 11.1 Å². The molecule has 1 N–H and O–H groups in total. The topological polar surface area (TPSA) is 70.0 Å². The highest BCUT2D eigenvalue weighted by atomic mass is 32.2. The number of hydrogen-bond donors (Lipinski definition) is 1. The minimum absolute atomic E-state index is 0.234. The van der Waals surface area contributed by atoms with Gasteiger partial charge in [-0.15, -0.1) is 0 Å². The molecule has 0 radical (unpaired) electrons.